The molecule has 1 aromatic heterocycles. The molecule has 0 saturated carbocycles. The van der Waals surface area contributed by atoms with Crippen molar-refractivity contribution in [2.45, 2.75) is 44.2 Å². The van der Waals surface area contributed by atoms with Crippen LogP contribution in [0.1, 0.15) is 50.2 Å². The molecule has 0 amide bonds. The predicted molar refractivity (Wildman–Crippen MR) is 83.2 cm³/mol. The van der Waals surface area contributed by atoms with Crippen LogP contribution in [0, 0.1) is 5.82 Å². The van der Waals surface area contributed by atoms with Crippen LogP contribution in [-0.2, 0) is 16.3 Å². The summed E-state index contributed by atoms with van der Waals surface area (Å²) in [6.45, 7) is 5.64. The molecule has 0 aliphatic rings. The smallest absolute Gasteiger partial charge is 0.233 e. The van der Waals surface area contributed by atoms with Gasteiger partial charge in [-0.25, -0.2) is 12.8 Å². The highest BCUT2D eigenvalue weighted by molar-refractivity contribution is 7.90. The second kappa shape index (κ2) is 6.76. The Kier molecular flexibility index (Phi) is 5.16. The lowest BCUT2D eigenvalue weighted by Crippen LogP contribution is -2.23. The summed E-state index contributed by atoms with van der Waals surface area (Å²) in [5.41, 5.74) is 0.636. The zero-order valence-electron chi connectivity index (χ0n) is 13.5. The minimum Gasteiger partial charge on any atom is -0.424 e. The van der Waals surface area contributed by atoms with Crippen LogP contribution < -0.4 is 5.32 Å². The highest BCUT2D eigenvalue weighted by Gasteiger charge is 2.19. The molecule has 1 heterocycles. The van der Waals surface area contributed by atoms with Crippen molar-refractivity contribution >= 4 is 9.84 Å². The number of hydrogen-bond acceptors (Lipinski definition) is 6. The third-order valence-corrected chi connectivity index (χ3v) is 4.64. The predicted octanol–water partition coefficient (Wildman–Crippen LogP) is 2.59. The number of rotatable bonds is 6. The van der Waals surface area contributed by atoms with E-state index in [0.29, 0.717) is 23.8 Å². The van der Waals surface area contributed by atoms with Crippen LogP contribution in [0.4, 0.5) is 4.39 Å². The van der Waals surface area contributed by atoms with E-state index in [-0.39, 0.29) is 17.0 Å². The maximum atomic E-state index is 14.0. The molecule has 0 saturated heterocycles. The molecule has 2 atom stereocenters. The monoisotopic (exact) mass is 341 g/mol. The fourth-order valence-electron chi connectivity index (χ4n) is 2.21. The van der Waals surface area contributed by atoms with Crippen molar-refractivity contribution in [2.24, 2.45) is 0 Å². The molecule has 8 heteroatoms. The SMILES string of the molecule is CCc1nnc([C@@H](C)N[C@@H](C)c2ccc(S(C)(=O)=O)c(F)c2)o1. The van der Waals surface area contributed by atoms with E-state index >= 15 is 0 Å². The standard InChI is InChI=1S/C15H20FN3O3S/c1-5-14-18-19-15(22-14)10(3)17-9(2)11-6-7-13(12(16)8-11)23(4,20)21/h6-10,17H,5H2,1-4H3/t9-,10+/m0/s1. The Bertz CT molecular complexity index is 789. The van der Waals surface area contributed by atoms with Gasteiger partial charge >= 0.3 is 0 Å². The van der Waals surface area contributed by atoms with Crippen molar-refractivity contribution in [1.29, 1.82) is 0 Å². The van der Waals surface area contributed by atoms with Crippen molar-refractivity contribution < 1.29 is 17.2 Å². The van der Waals surface area contributed by atoms with Crippen LogP contribution in [0.15, 0.2) is 27.5 Å². The maximum Gasteiger partial charge on any atom is 0.233 e. The van der Waals surface area contributed by atoms with Gasteiger partial charge in [-0.05, 0) is 31.5 Å². The van der Waals surface area contributed by atoms with Gasteiger partial charge in [-0.1, -0.05) is 13.0 Å². The number of hydrogen-bond donors (Lipinski definition) is 1. The first-order valence-corrected chi connectivity index (χ1v) is 9.19. The van der Waals surface area contributed by atoms with Gasteiger partial charge in [-0.15, -0.1) is 10.2 Å². The summed E-state index contributed by atoms with van der Waals surface area (Å²) in [5, 5.41) is 11.1. The van der Waals surface area contributed by atoms with Crippen LogP contribution >= 0.6 is 0 Å². The van der Waals surface area contributed by atoms with Gasteiger partial charge in [-0.3, -0.25) is 5.32 Å². The first-order chi connectivity index (χ1) is 10.7. The second-order valence-electron chi connectivity index (χ2n) is 5.46. The molecule has 0 spiro atoms. The minimum atomic E-state index is -3.57. The molecule has 2 aromatic rings. The fourth-order valence-corrected chi connectivity index (χ4v) is 2.94. The van der Waals surface area contributed by atoms with Gasteiger partial charge in [0.05, 0.1) is 6.04 Å². The zero-order valence-corrected chi connectivity index (χ0v) is 14.3. The fraction of sp³-hybridized carbons (Fsp3) is 0.467. The molecule has 0 aliphatic carbocycles. The summed E-state index contributed by atoms with van der Waals surface area (Å²) >= 11 is 0. The van der Waals surface area contributed by atoms with Gasteiger partial charge in [-0.2, -0.15) is 0 Å². The lowest BCUT2D eigenvalue weighted by atomic mass is 10.1. The van der Waals surface area contributed by atoms with Crippen LogP contribution in [0.25, 0.3) is 0 Å². The molecule has 1 N–H and O–H groups in total. The quantitative estimate of drug-likeness (QED) is 0.869. The van der Waals surface area contributed by atoms with E-state index < -0.39 is 15.7 Å². The van der Waals surface area contributed by atoms with Gasteiger partial charge in [0.15, 0.2) is 9.84 Å². The Morgan fingerprint density at radius 1 is 1.26 bits per heavy atom. The molecular weight excluding hydrogens is 321 g/mol. The van der Waals surface area contributed by atoms with Crippen LogP contribution in [0.2, 0.25) is 0 Å². The molecule has 1 aromatic carbocycles. The molecule has 0 radical (unpaired) electrons. The molecule has 0 bridgehead atoms. The number of sulfone groups is 1. The normalized spacial score (nSPS) is 14.7. The third kappa shape index (κ3) is 4.14. The summed E-state index contributed by atoms with van der Waals surface area (Å²) in [5.74, 6) is 0.268. The Labute approximate surface area is 135 Å². The molecule has 0 fully saturated rings. The van der Waals surface area contributed by atoms with E-state index in [4.69, 9.17) is 4.42 Å². The lowest BCUT2D eigenvalue weighted by molar-refractivity contribution is 0.374. The summed E-state index contributed by atoms with van der Waals surface area (Å²) in [7, 11) is -3.57. The highest BCUT2D eigenvalue weighted by Crippen LogP contribution is 2.22. The van der Waals surface area contributed by atoms with Crippen molar-refractivity contribution in [3.8, 4) is 0 Å². The Morgan fingerprint density at radius 2 is 1.96 bits per heavy atom. The van der Waals surface area contributed by atoms with Gasteiger partial charge in [0, 0.05) is 18.7 Å². The molecule has 2 rings (SSSR count). The molecule has 0 aliphatic heterocycles. The van der Waals surface area contributed by atoms with Crippen molar-refractivity contribution in [1.82, 2.24) is 15.5 Å². The van der Waals surface area contributed by atoms with E-state index in [1.807, 2.05) is 20.8 Å². The average molecular weight is 341 g/mol. The molecule has 0 unspecified atom stereocenters. The van der Waals surface area contributed by atoms with E-state index in [9.17, 15) is 12.8 Å². The lowest BCUT2D eigenvalue weighted by Gasteiger charge is -2.18. The number of halogens is 1. The Morgan fingerprint density at radius 3 is 2.48 bits per heavy atom. The number of nitrogens with one attached hydrogen (secondary N) is 1. The van der Waals surface area contributed by atoms with E-state index in [0.717, 1.165) is 6.26 Å². The van der Waals surface area contributed by atoms with E-state index in [1.54, 1.807) is 6.07 Å². The second-order valence-corrected chi connectivity index (χ2v) is 7.44. The van der Waals surface area contributed by atoms with Crippen molar-refractivity contribution in [2.75, 3.05) is 6.26 Å². The molecule has 126 valence electrons. The summed E-state index contributed by atoms with van der Waals surface area (Å²) < 4.78 is 42.3. The first kappa shape index (κ1) is 17.6. The van der Waals surface area contributed by atoms with Crippen LogP contribution in [0.3, 0.4) is 0 Å². The first-order valence-electron chi connectivity index (χ1n) is 7.30. The number of aromatic nitrogens is 2. The van der Waals surface area contributed by atoms with Gasteiger partial charge in [0.1, 0.15) is 10.7 Å². The maximum absolute atomic E-state index is 14.0. The topological polar surface area (TPSA) is 85.1 Å². The number of benzene rings is 1. The summed E-state index contributed by atoms with van der Waals surface area (Å²) in [6, 6.07) is 3.67. The van der Waals surface area contributed by atoms with Crippen molar-refractivity contribution in [3.63, 3.8) is 0 Å². The third-order valence-electron chi connectivity index (χ3n) is 3.51. The van der Waals surface area contributed by atoms with Crippen LogP contribution in [0.5, 0.6) is 0 Å². The molecule has 23 heavy (non-hydrogen) atoms. The van der Waals surface area contributed by atoms with Crippen molar-refractivity contribution in [3.05, 3.63) is 41.4 Å². The average Bonchev–Trinajstić information content (AvgIpc) is 2.94. The van der Waals surface area contributed by atoms with E-state index in [2.05, 4.69) is 15.5 Å². The van der Waals surface area contributed by atoms with Gasteiger partial charge in [0.25, 0.3) is 0 Å². The molecule has 6 nitrogen and oxygen atoms in total. The Hall–Kier alpha value is -1.80. The van der Waals surface area contributed by atoms with Gasteiger partial charge < -0.3 is 4.42 Å². The van der Waals surface area contributed by atoms with Gasteiger partial charge in [0.2, 0.25) is 11.8 Å². The minimum absolute atomic E-state index is 0.213. The largest absolute Gasteiger partial charge is 0.424 e. The van der Waals surface area contributed by atoms with Crippen LogP contribution in [-0.4, -0.2) is 24.9 Å². The highest BCUT2D eigenvalue weighted by atomic mass is 32.2. The van der Waals surface area contributed by atoms with E-state index in [1.165, 1.54) is 12.1 Å². The number of aryl methyl sites for hydroxylation is 1. The number of nitrogens with zero attached hydrogens (tertiary/aromatic N) is 2. The Balaban J connectivity index is 2.14. The molecular formula is C15H20FN3O3S. The summed E-state index contributed by atoms with van der Waals surface area (Å²) in [6.07, 6.45) is 1.64. The zero-order chi connectivity index (χ0) is 17.2. The summed E-state index contributed by atoms with van der Waals surface area (Å²) in [4.78, 5) is -0.300.